The molecule has 0 aromatic rings. The molecule has 0 aromatic heterocycles. The minimum Gasteiger partial charge on any atom is -0.375 e. The van der Waals surface area contributed by atoms with Crippen LogP contribution in [0, 0.1) is 0 Å². The van der Waals surface area contributed by atoms with Crippen LogP contribution in [0.3, 0.4) is 0 Å². The predicted octanol–water partition coefficient (Wildman–Crippen LogP) is 5.66. The number of hydrogen-bond donors (Lipinski definition) is 0. The second-order valence-electron chi connectivity index (χ2n) is 7.56. The van der Waals surface area contributed by atoms with Gasteiger partial charge in [-0.2, -0.15) is 17.6 Å². The van der Waals surface area contributed by atoms with Gasteiger partial charge >= 0.3 is 20.6 Å². The van der Waals surface area contributed by atoms with Crippen LogP contribution in [0.5, 0.6) is 0 Å². The van der Waals surface area contributed by atoms with E-state index in [9.17, 15) is 74.6 Å². The van der Waals surface area contributed by atoms with Crippen molar-refractivity contribution < 1.29 is 87.9 Å². The van der Waals surface area contributed by atoms with E-state index in [0.29, 0.717) is 21.3 Å². The molecule has 230 valence electrons. The lowest BCUT2D eigenvalue weighted by Gasteiger charge is -2.37. The van der Waals surface area contributed by atoms with Gasteiger partial charge in [0, 0.05) is 21.3 Å². The summed E-state index contributed by atoms with van der Waals surface area (Å²) in [6.07, 6.45) is -49.6. The molecule has 0 aromatic carbocycles. The van der Waals surface area contributed by atoms with E-state index in [1.807, 2.05) is 0 Å². The van der Waals surface area contributed by atoms with Crippen molar-refractivity contribution in [2.45, 2.75) is 85.8 Å². The third-order valence-corrected chi connectivity index (χ3v) is 7.92. The van der Waals surface area contributed by atoms with Crippen molar-refractivity contribution in [3.63, 3.8) is 0 Å². The van der Waals surface area contributed by atoms with Crippen molar-refractivity contribution in [3.8, 4) is 0 Å². The summed E-state index contributed by atoms with van der Waals surface area (Å²) in [6.45, 7) is 0. The fourth-order valence-electron chi connectivity index (χ4n) is 2.87. The molecule has 0 rings (SSSR count). The zero-order valence-corrected chi connectivity index (χ0v) is 20.1. The van der Waals surface area contributed by atoms with Gasteiger partial charge in [-0.15, -0.1) is 0 Å². The monoisotopic (exact) mass is 624 g/mol. The summed E-state index contributed by atoms with van der Waals surface area (Å²) in [4.78, 5) is 0. The molecule has 11 unspecified atom stereocenters. The lowest BCUT2D eigenvalue weighted by Crippen LogP contribution is -2.67. The van der Waals surface area contributed by atoms with Gasteiger partial charge < -0.3 is 13.3 Å². The maximum absolute atomic E-state index is 14.3. The first-order chi connectivity index (χ1) is 17.1. The van der Waals surface area contributed by atoms with Crippen molar-refractivity contribution in [2.24, 2.45) is 0 Å². The van der Waals surface area contributed by atoms with Gasteiger partial charge in [-0.05, 0) is 0 Å². The Morgan fingerprint density at radius 1 is 0.421 bits per heavy atom. The number of hydrogen-bond acceptors (Lipinski definition) is 3. The Balaban J connectivity index is 5.79. The van der Waals surface area contributed by atoms with E-state index in [4.69, 9.17) is 0 Å². The van der Waals surface area contributed by atoms with Crippen molar-refractivity contribution in [2.75, 3.05) is 21.3 Å². The fourth-order valence-corrected chi connectivity index (χ4v) is 4.62. The van der Waals surface area contributed by atoms with Gasteiger partial charge in [0.05, 0.1) is 0 Å². The highest BCUT2D eigenvalue weighted by Crippen LogP contribution is 2.47. The van der Waals surface area contributed by atoms with E-state index in [1.54, 1.807) is 0 Å². The molecule has 38 heavy (non-hydrogen) atoms. The van der Waals surface area contributed by atoms with Crippen LogP contribution in [0.2, 0.25) is 0 Å². The zero-order valence-electron chi connectivity index (χ0n) is 19.1. The molecule has 0 aliphatic rings. The average molecular weight is 624 g/mol. The van der Waals surface area contributed by atoms with Crippen LogP contribution in [0.1, 0.15) is 0 Å². The molecule has 0 saturated carbocycles. The Bertz CT molecular complexity index is 696. The smallest absolute Gasteiger partial charge is 0.375 e. The summed E-state index contributed by atoms with van der Waals surface area (Å²) in [7, 11) is -4.14. The molecule has 0 saturated heterocycles. The SMILES string of the molecule is CO[Si](OC)(OC)C(F)C(F)(F)C(F)(F)C(F)C(F)C(F)C(F)C(F)C(F)C(F)C(F)C(F)C(F)C(F)F. The topological polar surface area (TPSA) is 27.7 Å². The van der Waals surface area contributed by atoms with Gasteiger partial charge in [-0.1, -0.05) is 0 Å². The second-order valence-corrected chi connectivity index (χ2v) is 10.5. The van der Waals surface area contributed by atoms with E-state index in [1.165, 1.54) is 0 Å². The third-order valence-electron chi connectivity index (χ3n) is 5.23. The summed E-state index contributed by atoms with van der Waals surface area (Å²) in [6, 6.07) is 0. The van der Waals surface area contributed by atoms with Gasteiger partial charge in [-0.25, -0.2) is 57.1 Å². The Labute approximate surface area is 204 Å². The highest BCUT2D eigenvalue weighted by Gasteiger charge is 2.75. The van der Waals surface area contributed by atoms with Crippen molar-refractivity contribution in [1.82, 2.24) is 0 Å². The molecule has 0 fully saturated rings. The summed E-state index contributed by atoms with van der Waals surface area (Å²) < 4.78 is 243. The maximum atomic E-state index is 14.3. The van der Waals surface area contributed by atoms with Gasteiger partial charge in [0.25, 0.3) is 6.43 Å². The van der Waals surface area contributed by atoms with Crippen LogP contribution in [0.4, 0.5) is 74.6 Å². The van der Waals surface area contributed by atoms with Crippen LogP contribution in [-0.2, 0) is 13.3 Å². The van der Waals surface area contributed by atoms with Gasteiger partial charge in [0.15, 0.2) is 55.5 Å². The predicted molar refractivity (Wildman–Crippen MR) is 96.5 cm³/mol. The Morgan fingerprint density at radius 2 is 0.684 bits per heavy atom. The quantitative estimate of drug-likeness (QED) is 0.155. The second kappa shape index (κ2) is 14.0. The molecule has 0 aliphatic heterocycles. The molecule has 0 bridgehead atoms. The van der Waals surface area contributed by atoms with Crippen LogP contribution in [-0.4, -0.2) is 116 Å². The molecular weight excluding hydrogens is 603 g/mol. The zero-order chi connectivity index (χ0) is 30.5. The lowest BCUT2D eigenvalue weighted by molar-refractivity contribution is -0.271. The summed E-state index contributed by atoms with van der Waals surface area (Å²) >= 11 is 0. The Morgan fingerprint density at radius 3 is 0.947 bits per heavy atom. The van der Waals surface area contributed by atoms with Gasteiger partial charge in [0.1, 0.15) is 0 Å². The third kappa shape index (κ3) is 7.15. The minimum absolute atomic E-state index is 0.428. The molecule has 0 spiro atoms. The van der Waals surface area contributed by atoms with E-state index < -0.39 is 94.6 Å². The Kier molecular flexibility index (Phi) is 13.6. The first kappa shape index (κ1) is 36.9. The highest BCUT2D eigenvalue weighted by atomic mass is 28.4. The first-order valence-electron chi connectivity index (χ1n) is 9.88. The fraction of sp³-hybridized carbons (Fsp3) is 1.00. The van der Waals surface area contributed by atoms with E-state index in [0.717, 1.165) is 0 Å². The number of alkyl halides is 17. The van der Waals surface area contributed by atoms with Gasteiger partial charge in [0.2, 0.25) is 12.0 Å². The minimum atomic E-state index is -6.61. The number of rotatable bonds is 17. The van der Waals surface area contributed by atoms with Crippen molar-refractivity contribution >= 4 is 8.80 Å². The van der Waals surface area contributed by atoms with Crippen molar-refractivity contribution in [3.05, 3.63) is 0 Å². The molecule has 0 amide bonds. The first-order valence-corrected chi connectivity index (χ1v) is 11.7. The number of halogens is 17. The molecule has 0 aliphatic carbocycles. The van der Waals surface area contributed by atoms with Crippen LogP contribution in [0.25, 0.3) is 0 Å². The molecule has 0 radical (unpaired) electrons. The maximum Gasteiger partial charge on any atom is 0.543 e. The van der Waals surface area contributed by atoms with Crippen LogP contribution < -0.4 is 0 Å². The molecule has 3 nitrogen and oxygen atoms in total. The average Bonchev–Trinajstić information content (AvgIpc) is 2.89. The molecule has 11 atom stereocenters. The van der Waals surface area contributed by atoms with Crippen molar-refractivity contribution in [1.29, 1.82) is 0 Å². The van der Waals surface area contributed by atoms with Crippen LogP contribution >= 0.6 is 0 Å². The summed E-state index contributed by atoms with van der Waals surface area (Å²) in [5.41, 5.74) is 0. The summed E-state index contributed by atoms with van der Waals surface area (Å²) in [5, 5.41) is 0. The van der Waals surface area contributed by atoms with E-state index in [-0.39, 0.29) is 0 Å². The lowest BCUT2D eigenvalue weighted by atomic mass is 9.93. The highest BCUT2D eigenvalue weighted by molar-refractivity contribution is 6.62. The largest absolute Gasteiger partial charge is 0.543 e. The van der Waals surface area contributed by atoms with E-state index in [2.05, 4.69) is 13.3 Å². The summed E-state index contributed by atoms with van der Waals surface area (Å²) in [5.74, 6) is -17.3. The van der Waals surface area contributed by atoms with Crippen LogP contribution in [0.15, 0.2) is 0 Å². The molecule has 0 N–H and O–H groups in total. The molecule has 21 heteroatoms. The van der Waals surface area contributed by atoms with E-state index >= 15 is 0 Å². The normalized spacial score (nSPS) is 22.7. The Hall–Kier alpha value is -1.09. The van der Waals surface area contributed by atoms with Gasteiger partial charge in [-0.3, -0.25) is 0 Å². The molecular formula is C17H21F17O3Si. The molecule has 0 heterocycles. The standard InChI is InChI=1S/C17H21F17O3Si/c1-35-38(36-2,37-3)15(30)17(33,34)16(31,32)13(27)11(25)9(23)7(21)5(19)4(18)6(20)8(22)10(24)12(26)14(28)29/h4-15H,1-3H3.